The zero-order valence-electron chi connectivity index (χ0n) is 16.8. The number of rotatable bonds is 6. The van der Waals surface area contributed by atoms with E-state index >= 15 is 0 Å². The molecule has 1 fully saturated rings. The molecule has 1 aromatic carbocycles. The number of hydrogen-bond acceptors (Lipinski definition) is 8. The number of piperidine rings is 1. The molecule has 3 rings (SSSR count). The Balaban J connectivity index is 1.92. The molecule has 1 aromatic heterocycles. The van der Waals surface area contributed by atoms with Crippen LogP contribution in [-0.2, 0) is 9.53 Å². The highest BCUT2D eigenvalue weighted by molar-refractivity contribution is 5.74. The summed E-state index contributed by atoms with van der Waals surface area (Å²) in [5.74, 6) is -0.136. The van der Waals surface area contributed by atoms with E-state index in [0.717, 1.165) is 11.1 Å². The molecule has 154 valence electrons. The number of esters is 1. The molecule has 9 heteroatoms. The highest BCUT2D eigenvalue weighted by atomic mass is 16.6. The molecule has 0 aliphatic carbocycles. The second-order valence-electron chi connectivity index (χ2n) is 7.07. The molecule has 1 aliphatic heterocycles. The second-order valence-corrected chi connectivity index (χ2v) is 7.07. The molecule has 2 aromatic rings. The molecule has 1 aliphatic rings. The minimum Gasteiger partial charge on any atom is -0.466 e. The fourth-order valence-corrected chi connectivity index (χ4v) is 3.55. The van der Waals surface area contributed by atoms with Crippen molar-refractivity contribution in [1.82, 2.24) is 9.97 Å². The number of carbonyl (C=O) groups is 1. The van der Waals surface area contributed by atoms with Crippen molar-refractivity contribution in [3.05, 3.63) is 45.8 Å². The van der Waals surface area contributed by atoms with Gasteiger partial charge >= 0.3 is 17.5 Å². The summed E-state index contributed by atoms with van der Waals surface area (Å²) < 4.78 is 10.9. The minimum absolute atomic E-state index is 0.122. The van der Waals surface area contributed by atoms with Crippen LogP contribution < -0.4 is 9.64 Å². The van der Waals surface area contributed by atoms with Gasteiger partial charge in [-0.15, -0.1) is 0 Å². The van der Waals surface area contributed by atoms with Crippen LogP contribution in [0.15, 0.2) is 24.5 Å². The van der Waals surface area contributed by atoms with Gasteiger partial charge in [0.05, 0.1) is 17.4 Å². The lowest BCUT2D eigenvalue weighted by molar-refractivity contribution is -0.385. The standard InChI is InChI=1S/C20H24N4O5/c1-4-28-20(25)15-6-5-7-23(11-15)18-17(24(26)27)19(22-12-21-18)29-16-9-13(2)8-14(3)10-16/h8-10,12,15H,4-7,11H2,1-3H3. The van der Waals surface area contributed by atoms with Crippen LogP contribution in [0, 0.1) is 29.9 Å². The Hall–Kier alpha value is -3.23. The average Bonchev–Trinajstić information content (AvgIpc) is 2.67. The Morgan fingerprint density at radius 2 is 2.00 bits per heavy atom. The van der Waals surface area contributed by atoms with E-state index in [-0.39, 0.29) is 29.3 Å². The lowest BCUT2D eigenvalue weighted by Crippen LogP contribution is -2.40. The molecule has 0 spiro atoms. The van der Waals surface area contributed by atoms with E-state index in [9.17, 15) is 14.9 Å². The average molecular weight is 400 g/mol. The van der Waals surface area contributed by atoms with E-state index in [0.29, 0.717) is 38.3 Å². The molecular formula is C20H24N4O5. The highest BCUT2D eigenvalue weighted by Crippen LogP contribution is 2.38. The molecule has 1 saturated heterocycles. The van der Waals surface area contributed by atoms with Crippen LogP contribution in [0.3, 0.4) is 0 Å². The van der Waals surface area contributed by atoms with Crippen molar-refractivity contribution >= 4 is 17.5 Å². The molecule has 1 atom stereocenters. The van der Waals surface area contributed by atoms with Gasteiger partial charge in [-0.1, -0.05) is 6.07 Å². The smallest absolute Gasteiger partial charge is 0.373 e. The number of ether oxygens (including phenoxy) is 2. The van der Waals surface area contributed by atoms with Crippen molar-refractivity contribution in [3.63, 3.8) is 0 Å². The number of aromatic nitrogens is 2. The van der Waals surface area contributed by atoms with Crippen molar-refractivity contribution in [1.29, 1.82) is 0 Å². The van der Waals surface area contributed by atoms with Crippen molar-refractivity contribution in [2.24, 2.45) is 5.92 Å². The van der Waals surface area contributed by atoms with Crippen LogP contribution in [0.4, 0.5) is 11.5 Å². The first kappa shape index (κ1) is 20.5. The maximum atomic E-state index is 12.1. The Morgan fingerprint density at radius 3 is 2.66 bits per heavy atom. The van der Waals surface area contributed by atoms with Gasteiger partial charge in [0, 0.05) is 13.1 Å². The fraction of sp³-hybridized carbons (Fsp3) is 0.450. The van der Waals surface area contributed by atoms with Crippen LogP contribution in [0.2, 0.25) is 0 Å². The van der Waals surface area contributed by atoms with Gasteiger partial charge in [0.2, 0.25) is 5.82 Å². The predicted octanol–water partition coefficient (Wildman–Crippen LogP) is 3.57. The summed E-state index contributed by atoms with van der Waals surface area (Å²) in [5.41, 5.74) is 1.65. The summed E-state index contributed by atoms with van der Waals surface area (Å²) in [5, 5.41) is 11.9. The lowest BCUT2D eigenvalue weighted by atomic mass is 9.98. The predicted molar refractivity (Wildman–Crippen MR) is 106 cm³/mol. The third-order valence-corrected chi connectivity index (χ3v) is 4.70. The number of nitro groups is 1. The van der Waals surface area contributed by atoms with E-state index in [1.807, 2.05) is 19.9 Å². The number of anilines is 1. The molecule has 2 heterocycles. The van der Waals surface area contributed by atoms with Crippen molar-refractivity contribution in [3.8, 4) is 11.6 Å². The van der Waals surface area contributed by atoms with E-state index in [1.165, 1.54) is 6.33 Å². The quantitative estimate of drug-likeness (QED) is 0.411. The van der Waals surface area contributed by atoms with Gasteiger partial charge in [0.15, 0.2) is 0 Å². The van der Waals surface area contributed by atoms with Crippen molar-refractivity contribution in [2.45, 2.75) is 33.6 Å². The SMILES string of the molecule is CCOC(=O)C1CCCN(c2ncnc(Oc3cc(C)cc(C)c3)c2[N+](=O)[O-])C1. The molecule has 0 radical (unpaired) electrons. The molecular weight excluding hydrogens is 376 g/mol. The van der Waals surface area contributed by atoms with E-state index in [1.54, 1.807) is 24.0 Å². The van der Waals surface area contributed by atoms with Crippen LogP contribution in [0.25, 0.3) is 0 Å². The number of hydrogen-bond donors (Lipinski definition) is 0. The lowest BCUT2D eigenvalue weighted by Gasteiger charge is -2.31. The summed E-state index contributed by atoms with van der Waals surface area (Å²) in [6, 6.07) is 5.56. The van der Waals surface area contributed by atoms with Crippen LogP contribution in [-0.4, -0.2) is 40.6 Å². The molecule has 0 amide bonds. The first-order chi connectivity index (χ1) is 13.9. The monoisotopic (exact) mass is 400 g/mol. The zero-order chi connectivity index (χ0) is 21.0. The van der Waals surface area contributed by atoms with E-state index in [4.69, 9.17) is 9.47 Å². The number of nitrogens with zero attached hydrogens (tertiary/aromatic N) is 4. The maximum Gasteiger partial charge on any atom is 0.373 e. The van der Waals surface area contributed by atoms with Crippen molar-refractivity contribution < 1.29 is 19.2 Å². The zero-order valence-corrected chi connectivity index (χ0v) is 16.8. The van der Waals surface area contributed by atoms with Gasteiger partial charge in [0.1, 0.15) is 12.1 Å². The molecule has 29 heavy (non-hydrogen) atoms. The van der Waals surface area contributed by atoms with Gasteiger partial charge in [-0.25, -0.2) is 4.98 Å². The third-order valence-electron chi connectivity index (χ3n) is 4.70. The molecule has 0 saturated carbocycles. The summed E-state index contributed by atoms with van der Waals surface area (Å²) in [6.07, 6.45) is 2.63. The Labute approximate surface area is 168 Å². The second kappa shape index (κ2) is 8.85. The first-order valence-corrected chi connectivity index (χ1v) is 9.56. The molecule has 9 nitrogen and oxygen atoms in total. The summed E-state index contributed by atoms with van der Waals surface area (Å²) in [6.45, 7) is 6.75. The first-order valence-electron chi connectivity index (χ1n) is 9.56. The number of benzene rings is 1. The van der Waals surface area contributed by atoms with Gasteiger partial charge in [-0.3, -0.25) is 14.9 Å². The van der Waals surface area contributed by atoms with E-state index in [2.05, 4.69) is 9.97 Å². The topological polar surface area (TPSA) is 108 Å². The van der Waals surface area contributed by atoms with Gasteiger partial charge in [-0.05, 0) is 56.9 Å². The summed E-state index contributed by atoms with van der Waals surface area (Å²) in [4.78, 5) is 33.3. The minimum atomic E-state index is -0.540. The molecule has 0 bridgehead atoms. The number of aryl methyl sites for hydroxylation is 2. The van der Waals surface area contributed by atoms with Crippen molar-refractivity contribution in [2.75, 3.05) is 24.6 Å². The van der Waals surface area contributed by atoms with Gasteiger partial charge < -0.3 is 14.4 Å². The summed E-state index contributed by atoms with van der Waals surface area (Å²) >= 11 is 0. The Bertz CT molecular complexity index is 897. The molecule has 1 unspecified atom stereocenters. The maximum absolute atomic E-state index is 12.1. The third kappa shape index (κ3) is 4.79. The summed E-state index contributed by atoms with van der Waals surface area (Å²) in [7, 11) is 0. The normalized spacial score (nSPS) is 16.4. The highest BCUT2D eigenvalue weighted by Gasteiger charge is 2.34. The Kier molecular flexibility index (Phi) is 6.26. The molecule has 0 N–H and O–H groups in total. The van der Waals surface area contributed by atoms with Crippen LogP contribution in [0.1, 0.15) is 30.9 Å². The van der Waals surface area contributed by atoms with Crippen LogP contribution >= 0.6 is 0 Å². The van der Waals surface area contributed by atoms with Gasteiger partial charge in [0.25, 0.3) is 0 Å². The van der Waals surface area contributed by atoms with Crippen LogP contribution in [0.5, 0.6) is 11.6 Å². The Morgan fingerprint density at radius 1 is 1.28 bits per heavy atom. The largest absolute Gasteiger partial charge is 0.466 e. The van der Waals surface area contributed by atoms with Gasteiger partial charge in [-0.2, -0.15) is 4.98 Å². The van der Waals surface area contributed by atoms with E-state index < -0.39 is 4.92 Å². The fourth-order valence-electron chi connectivity index (χ4n) is 3.55. The number of carbonyl (C=O) groups excluding carboxylic acids is 1.